The zero-order chi connectivity index (χ0) is 13.5. The summed E-state index contributed by atoms with van der Waals surface area (Å²) in [4.78, 5) is 16.0. The van der Waals surface area contributed by atoms with Gasteiger partial charge < -0.3 is 5.73 Å². The number of allylic oxidation sites excluding steroid dienone is 1. The number of nitrogens with zero attached hydrogens (tertiary/aromatic N) is 2. The summed E-state index contributed by atoms with van der Waals surface area (Å²) in [7, 11) is 0. The Balaban J connectivity index is 2.76. The number of carbonyl (C=O) groups is 1. The van der Waals surface area contributed by atoms with Gasteiger partial charge in [-0.1, -0.05) is 6.07 Å². The molecule has 0 saturated heterocycles. The van der Waals surface area contributed by atoms with Crippen molar-refractivity contribution in [2.24, 2.45) is 16.0 Å². The maximum atomic E-state index is 11.7. The second-order valence-corrected chi connectivity index (χ2v) is 4.13. The van der Waals surface area contributed by atoms with Crippen molar-refractivity contribution in [3.63, 3.8) is 0 Å². The highest BCUT2D eigenvalue weighted by atomic mass is 32.2. The van der Waals surface area contributed by atoms with Crippen LogP contribution in [0.5, 0.6) is 0 Å². The Morgan fingerprint density at radius 1 is 1.44 bits per heavy atom. The molecular weight excluding hydrogens is 250 g/mol. The van der Waals surface area contributed by atoms with Crippen molar-refractivity contribution in [3.8, 4) is 0 Å². The van der Waals surface area contributed by atoms with Gasteiger partial charge in [0.05, 0.1) is 11.4 Å². The number of carbonyl (C=O) groups excluding carboxylic acids is 1. The fraction of sp³-hybridized carbons (Fsp3) is 0.182. The normalized spacial score (nSPS) is 12.9. The minimum absolute atomic E-state index is 0.243. The molecule has 1 aromatic heterocycles. The number of hydrazone groups is 1. The minimum atomic E-state index is -0.433. The van der Waals surface area contributed by atoms with E-state index in [1.165, 1.54) is 0 Å². The number of rotatable bonds is 4. The van der Waals surface area contributed by atoms with Crippen LogP contribution in [0.15, 0.2) is 40.1 Å². The van der Waals surface area contributed by atoms with E-state index in [0.717, 1.165) is 11.9 Å². The van der Waals surface area contributed by atoms with Crippen LogP contribution in [-0.4, -0.2) is 16.6 Å². The summed E-state index contributed by atoms with van der Waals surface area (Å²) < 4.78 is 0. The maximum absolute atomic E-state index is 11.7. The quantitative estimate of drug-likeness (QED) is 0.322. The average Bonchev–Trinajstić information content (AvgIpc) is 2.37. The first kappa shape index (κ1) is 14.2. The first-order valence-corrected chi connectivity index (χ1v) is 6.03. The van der Waals surface area contributed by atoms with Crippen LogP contribution in [0.25, 0.3) is 0 Å². The molecule has 6 nitrogen and oxygen atoms in total. The minimum Gasteiger partial charge on any atom is -0.401 e. The zero-order valence-corrected chi connectivity index (χ0v) is 11.0. The van der Waals surface area contributed by atoms with Gasteiger partial charge in [-0.15, -0.1) is 0 Å². The molecule has 0 unspecified atom stereocenters. The molecule has 0 fully saturated rings. The van der Waals surface area contributed by atoms with E-state index in [9.17, 15) is 4.79 Å². The van der Waals surface area contributed by atoms with E-state index < -0.39 is 5.91 Å². The monoisotopic (exact) mass is 265 g/mol. The van der Waals surface area contributed by atoms with Gasteiger partial charge in [-0.05, 0) is 37.9 Å². The highest BCUT2D eigenvalue weighted by molar-refractivity contribution is 8.01. The molecular formula is C11H15N5OS. The predicted molar refractivity (Wildman–Crippen MR) is 73.3 cm³/mol. The van der Waals surface area contributed by atoms with Gasteiger partial charge in [-0.2, -0.15) is 5.10 Å². The molecule has 0 aromatic carbocycles. The van der Waals surface area contributed by atoms with Gasteiger partial charge in [-0.25, -0.2) is 5.43 Å². The van der Waals surface area contributed by atoms with Crippen LogP contribution in [0.3, 0.4) is 0 Å². The molecule has 0 aliphatic carbocycles. The second kappa shape index (κ2) is 6.77. The summed E-state index contributed by atoms with van der Waals surface area (Å²) in [6.45, 7) is 3.35. The highest BCUT2D eigenvalue weighted by Gasteiger charge is 2.10. The molecule has 0 saturated carbocycles. The van der Waals surface area contributed by atoms with Gasteiger partial charge >= 0.3 is 0 Å². The van der Waals surface area contributed by atoms with Crippen LogP contribution in [0, 0.1) is 0 Å². The first-order valence-electron chi connectivity index (χ1n) is 5.15. The van der Waals surface area contributed by atoms with Gasteiger partial charge in [0, 0.05) is 11.9 Å². The molecule has 5 N–H and O–H groups in total. The van der Waals surface area contributed by atoms with Crippen LogP contribution >= 0.6 is 11.9 Å². The second-order valence-electron chi connectivity index (χ2n) is 3.48. The van der Waals surface area contributed by atoms with Crippen molar-refractivity contribution in [1.29, 1.82) is 0 Å². The van der Waals surface area contributed by atoms with Crippen molar-refractivity contribution < 1.29 is 4.79 Å². The topological polar surface area (TPSA) is 106 Å². The third kappa shape index (κ3) is 3.86. The van der Waals surface area contributed by atoms with E-state index >= 15 is 0 Å². The third-order valence-electron chi connectivity index (χ3n) is 2.04. The van der Waals surface area contributed by atoms with Crippen LogP contribution in [0.2, 0.25) is 0 Å². The molecule has 7 heteroatoms. The van der Waals surface area contributed by atoms with E-state index in [-0.39, 0.29) is 4.91 Å². The number of nitrogens with one attached hydrogen (secondary N) is 1. The van der Waals surface area contributed by atoms with Crippen molar-refractivity contribution in [2.75, 3.05) is 0 Å². The molecule has 0 aliphatic heterocycles. The fourth-order valence-corrected chi connectivity index (χ4v) is 1.48. The smallest absolute Gasteiger partial charge is 0.280 e. The molecule has 0 radical (unpaired) electrons. The standard InChI is InChI=1S/C11H15N5OS/c1-7(12)10(18-13)11(17)16-15-8(2)9-5-3-4-6-14-9/h3-6H,12-13H2,1-2H3,(H,16,17)/b10-7-,15-8+. The lowest BCUT2D eigenvalue weighted by molar-refractivity contribution is -0.116. The molecule has 0 atom stereocenters. The Morgan fingerprint density at radius 2 is 2.17 bits per heavy atom. The van der Waals surface area contributed by atoms with Crippen LogP contribution in [-0.2, 0) is 4.79 Å². The van der Waals surface area contributed by atoms with Crippen molar-refractivity contribution in [1.82, 2.24) is 10.4 Å². The molecule has 18 heavy (non-hydrogen) atoms. The summed E-state index contributed by atoms with van der Waals surface area (Å²) in [5.74, 6) is -0.433. The molecule has 1 heterocycles. The number of hydrogen-bond acceptors (Lipinski definition) is 6. The number of aromatic nitrogens is 1. The number of amides is 1. The third-order valence-corrected chi connectivity index (χ3v) is 2.79. The Kier molecular flexibility index (Phi) is 5.34. The number of nitrogens with two attached hydrogens (primary N) is 2. The molecule has 0 aliphatic rings. The largest absolute Gasteiger partial charge is 0.401 e. The molecule has 0 bridgehead atoms. The van der Waals surface area contributed by atoms with Crippen LogP contribution < -0.4 is 16.3 Å². The van der Waals surface area contributed by atoms with Crippen molar-refractivity contribution in [2.45, 2.75) is 13.8 Å². The lowest BCUT2D eigenvalue weighted by Gasteiger charge is -2.05. The Morgan fingerprint density at radius 3 is 2.67 bits per heavy atom. The van der Waals surface area contributed by atoms with Gasteiger partial charge in [-0.3, -0.25) is 14.9 Å². The highest BCUT2D eigenvalue weighted by Crippen LogP contribution is 2.10. The lowest BCUT2D eigenvalue weighted by Crippen LogP contribution is -2.23. The fourth-order valence-electron chi connectivity index (χ4n) is 1.14. The van der Waals surface area contributed by atoms with Gasteiger partial charge in [0.1, 0.15) is 4.91 Å². The summed E-state index contributed by atoms with van der Waals surface area (Å²) in [6.07, 6.45) is 1.65. The summed E-state index contributed by atoms with van der Waals surface area (Å²) in [6, 6.07) is 5.45. The number of pyridine rings is 1. The molecule has 96 valence electrons. The van der Waals surface area contributed by atoms with Gasteiger partial charge in [0.15, 0.2) is 0 Å². The molecule has 0 spiro atoms. The van der Waals surface area contributed by atoms with Crippen molar-refractivity contribution >= 4 is 23.6 Å². The maximum Gasteiger partial charge on any atom is 0.280 e. The zero-order valence-electron chi connectivity index (χ0n) is 10.2. The van der Waals surface area contributed by atoms with Crippen LogP contribution in [0.1, 0.15) is 19.5 Å². The SMILES string of the molecule is C/C(N)=C(/SN)C(=O)N/N=C(\C)c1ccccn1. The Labute approximate surface area is 110 Å². The first-order chi connectivity index (χ1) is 8.56. The van der Waals surface area contributed by atoms with Crippen LogP contribution in [0.4, 0.5) is 0 Å². The van der Waals surface area contributed by atoms with Crippen molar-refractivity contribution in [3.05, 3.63) is 40.7 Å². The molecule has 1 aromatic rings. The summed E-state index contributed by atoms with van der Waals surface area (Å²) in [5, 5.41) is 9.29. The van der Waals surface area contributed by atoms with E-state index in [2.05, 4.69) is 15.5 Å². The predicted octanol–water partition coefficient (Wildman–Crippen LogP) is 0.719. The molecule has 1 rings (SSSR count). The Bertz CT molecular complexity index is 479. The van der Waals surface area contributed by atoms with Gasteiger partial charge in [0.25, 0.3) is 5.91 Å². The Hall–Kier alpha value is -1.86. The lowest BCUT2D eigenvalue weighted by atomic mass is 10.3. The summed E-state index contributed by atoms with van der Waals surface area (Å²) >= 11 is 0.791. The van der Waals surface area contributed by atoms with Gasteiger partial charge in [0.2, 0.25) is 0 Å². The average molecular weight is 265 g/mol. The summed E-state index contributed by atoms with van der Waals surface area (Å²) in [5.41, 5.74) is 9.54. The molecule has 1 amide bonds. The van der Waals surface area contributed by atoms with E-state index in [1.807, 2.05) is 6.07 Å². The van der Waals surface area contributed by atoms with E-state index in [0.29, 0.717) is 17.1 Å². The van der Waals surface area contributed by atoms with E-state index in [4.69, 9.17) is 10.9 Å². The number of hydrogen-bond donors (Lipinski definition) is 3. The van der Waals surface area contributed by atoms with E-state index in [1.54, 1.807) is 32.2 Å².